The molecule has 0 aliphatic heterocycles. The van der Waals surface area contributed by atoms with E-state index in [0.29, 0.717) is 17.8 Å². The molecule has 0 aliphatic carbocycles. The molecule has 2 unspecified atom stereocenters. The Morgan fingerprint density at radius 2 is 0.931 bits per heavy atom. The summed E-state index contributed by atoms with van der Waals surface area (Å²) >= 11 is 0. The number of rotatable bonds is 11. The molecule has 0 saturated carbocycles. The zero-order chi connectivity index (χ0) is 20.3. The van der Waals surface area contributed by atoms with Gasteiger partial charge in [0.2, 0.25) is 0 Å². The van der Waals surface area contributed by atoms with E-state index < -0.39 is 0 Å². The fourth-order valence-electron chi connectivity index (χ4n) is 4.94. The molecule has 0 aromatic heterocycles. The van der Waals surface area contributed by atoms with Crippen molar-refractivity contribution in [2.24, 2.45) is 5.92 Å². The molecule has 3 aromatic rings. The highest BCUT2D eigenvalue weighted by Gasteiger charge is 2.30. The van der Waals surface area contributed by atoms with Gasteiger partial charge in [-0.25, -0.2) is 0 Å². The topological polar surface area (TPSA) is 0 Å². The Bertz CT molecular complexity index is 742. The molecule has 2 atom stereocenters. The first-order chi connectivity index (χ1) is 14.3. The average molecular weight is 385 g/mol. The van der Waals surface area contributed by atoms with Crippen LogP contribution in [0.2, 0.25) is 0 Å². The lowest BCUT2D eigenvalue weighted by Crippen LogP contribution is -2.22. The standard InChI is InChI=1S/C29H36/c1-3-14-27(25-18-10-6-11-19-25)29(23-22-24-16-8-5-9-17-24)28(15-4-2)26-20-12-7-13-21-26/h5-13,16-21,27-29H,3-4,14-15,22-23H2,1-2H3. The van der Waals surface area contributed by atoms with Crippen LogP contribution in [-0.2, 0) is 6.42 Å². The molecule has 0 fully saturated rings. The first kappa shape index (κ1) is 21.4. The number of benzene rings is 3. The van der Waals surface area contributed by atoms with Gasteiger partial charge in [-0.3, -0.25) is 0 Å². The maximum Gasteiger partial charge on any atom is -0.0128 e. The van der Waals surface area contributed by atoms with Gasteiger partial charge in [0, 0.05) is 0 Å². The van der Waals surface area contributed by atoms with Gasteiger partial charge in [-0.05, 0) is 60.1 Å². The van der Waals surface area contributed by atoms with Gasteiger partial charge in [-0.2, -0.15) is 0 Å². The fourth-order valence-corrected chi connectivity index (χ4v) is 4.94. The van der Waals surface area contributed by atoms with E-state index in [0.717, 1.165) is 6.42 Å². The third kappa shape index (κ3) is 6.07. The summed E-state index contributed by atoms with van der Waals surface area (Å²) in [6.07, 6.45) is 7.38. The van der Waals surface area contributed by atoms with Crippen molar-refractivity contribution in [3.63, 3.8) is 0 Å². The van der Waals surface area contributed by atoms with Crippen LogP contribution >= 0.6 is 0 Å². The second-order valence-corrected chi connectivity index (χ2v) is 8.30. The highest BCUT2D eigenvalue weighted by molar-refractivity contribution is 5.26. The molecule has 29 heavy (non-hydrogen) atoms. The summed E-state index contributed by atoms with van der Waals surface area (Å²) in [4.78, 5) is 0. The predicted molar refractivity (Wildman–Crippen MR) is 126 cm³/mol. The number of hydrogen-bond donors (Lipinski definition) is 0. The number of hydrogen-bond acceptors (Lipinski definition) is 0. The minimum atomic E-state index is 0.613. The molecule has 3 rings (SSSR count). The van der Waals surface area contributed by atoms with E-state index in [1.165, 1.54) is 48.8 Å². The molecule has 0 N–H and O–H groups in total. The summed E-state index contributed by atoms with van der Waals surface area (Å²) in [6.45, 7) is 4.67. The average Bonchev–Trinajstić information content (AvgIpc) is 2.79. The van der Waals surface area contributed by atoms with Gasteiger partial charge < -0.3 is 0 Å². The van der Waals surface area contributed by atoms with Crippen molar-refractivity contribution in [1.29, 1.82) is 0 Å². The van der Waals surface area contributed by atoms with Crippen LogP contribution in [0.5, 0.6) is 0 Å². The van der Waals surface area contributed by atoms with E-state index in [-0.39, 0.29) is 0 Å². The highest BCUT2D eigenvalue weighted by Crippen LogP contribution is 2.43. The van der Waals surface area contributed by atoms with Crippen LogP contribution in [0, 0.1) is 5.92 Å². The summed E-state index contributed by atoms with van der Waals surface area (Å²) in [5.41, 5.74) is 4.50. The minimum Gasteiger partial charge on any atom is -0.0654 e. The van der Waals surface area contributed by atoms with Gasteiger partial charge in [0.15, 0.2) is 0 Å². The lowest BCUT2D eigenvalue weighted by Gasteiger charge is -2.35. The van der Waals surface area contributed by atoms with Crippen LogP contribution in [0.25, 0.3) is 0 Å². The molecule has 0 heterocycles. The second-order valence-electron chi connectivity index (χ2n) is 8.30. The molecular weight excluding hydrogens is 348 g/mol. The Morgan fingerprint density at radius 1 is 0.517 bits per heavy atom. The van der Waals surface area contributed by atoms with Gasteiger partial charge in [-0.1, -0.05) is 118 Å². The maximum atomic E-state index is 2.35. The Morgan fingerprint density at radius 3 is 1.34 bits per heavy atom. The van der Waals surface area contributed by atoms with Crippen LogP contribution in [0.1, 0.15) is 74.5 Å². The van der Waals surface area contributed by atoms with Gasteiger partial charge in [0.1, 0.15) is 0 Å². The van der Waals surface area contributed by atoms with E-state index in [1.54, 1.807) is 0 Å². The van der Waals surface area contributed by atoms with Crippen molar-refractivity contribution in [2.45, 2.75) is 64.2 Å². The second kappa shape index (κ2) is 11.6. The van der Waals surface area contributed by atoms with Crippen molar-refractivity contribution in [3.8, 4) is 0 Å². The molecule has 0 heteroatoms. The van der Waals surface area contributed by atoms with E-state index >= 15 is 0 Å². The van der Waals surface area contributed by atoms with Crippen LogP contribution in [0.4, 0.5) is 0 Å². The quantitative estimate of drug-likeness (QED) is 0.311. The molecule has 0 spiro atoms. The first-order valence-corrected chi connectivity index (χ1v) is 11.5. The molecular formula is C29H36. The van der Waals surface area contributed by atoms with Gasteiger partial charge in [0.05, 0.1) is 0 Å². The largest absolute Gasteiger partial charge is 0.0654 e. The lowest BCUT2D eigenvalue weighted by atomic mass is 9.69. The summed E-state index contributed by atoms with van der Waals surface area (Å²) in [5.74, 6) is 1.88. The van der Waals surface area contributed by atoms with E-state index in [2.05, 4.69) is 105 Å². The maximum absolute atomic E-state index is 2.35. The first-order valence-electron chi connectivity index (χ1n) is 11.5. The molecule has 0 radical (unpaired) electrons. The van der Waals surface area contributed by atoms with Crippen LogP contribution < -0.4 is 0 Å². The molecule has 0 saturated heterocycles. The SMILES string of the molecule is CCCC(c1ccccc1)C(CCc1ccccc1)C(CCC)c1ccccc1. The normalized spacial score (nSPS) is 14.3. The Balaban J connectivity index is 1.96. The number of aryl methyl sites for hydroxylation is 1. The monoisotopic (exact) mass is 384 g/mol. The van der Waals surface area contributed by atoms with Gasteiger partial charge in [-0.15, -0.1) is 0 Å². The van der Waals surface area contributed by atoms with Crippen molar-refractivity contribution in [2.75, 3.05) is 0 Å². The van der Waals surface area contributed by atoms with Crippen LogP contribution in [0.15, 0.2) is 91.0 Å². The Hall–Kier alpha value is -2.34. The smallest absolute Gasteiger partial charge is 0.0128 e. The Labute approximate surface area is 178 Å². The van der Waals surface area contributed by atoms with Crippen molar-refractivity contribution >= 4 is 0 Å². The summed E-state index contributed by atoms with van der Waals surface area (Å²) in [5, 5.41) is 0. The summed E-state index contributed by atoms with van der Waals surface area (Å²) < 4.78 is 0. The molecule has 152 valence electrons. The van der Waals surface area contributed by atoms with Gasteiger partial charge >= 0.3 is 0 Å². The lowest BCUT2D eigenvalue weighted by molar-refractivity contribution is 0.299. The van der Waals surface area contributed by atoms with Crippen molar-refractivity contribution in [1.82, 2.24) is 0 Å². The zero-order valence-electron chi connectivity index (χ0n) is 18.1. The molecule has 0 aliphatic rings. The summed E-state index contributed by atoms with van der Waals surface area (Å²) in [7, 11) is 0. The van der Waals surface area contributed by atoms with Crippen LogP contribution in [-0.4, -0.2) is 0 Å². The predicted octanol–water partition coefficient (Wildman–Crippen LogP) is 8.40. The van der Waals surface area contributed by atoms with E-state index in [1.807, 2.05) is 0 Å². The highest BCUT2D eigenvalue weighted by atomic mass is 14.3. The van der Waals surface area contributed by atoms with E-state index in [4.69, 9.17) is 0 Å². The zero-order valence-corrected chi connectivity index (χ0v) is 18.1. The minimum absolute atomic E-state index is 0.613. The van der Waals surface area contributed by atoms with Gasteiger partial charge in [0.25, 0.3) is 0 Å². The van der Waals surface area contributed by atoms with Crippen molar-refractivity contribution < 1.29 is 0 Å². The van der Waals surface area contributed by atoms with Crippen molar-refractivity contribution in [3.05, 3.63) is 108 Å². The summed E-state index contributed by atoms with van der Waals surface area (Å²) in [6, 6.07) is 33.6. The third-order valence-electron chi connectivity index (χ3n) is 6.30. The Kier molecular flexibility index (Phi) is 8.56. The molecule has 0 nitrogen and oxygen atoms in total. The fraction of sp³-hybridized carbons (Fsp3) is 0.379. The van der Waals surface area contributed by atoms with Crippen LogP contribution in [0.3, 0.4) is 0 Å². The molecule has 0 amide bonds. The third-order valence-corrected chi connectivity index (χ3v) is 6.30. The molecule has 3 aromatic carbocycles. The van der Waals surface area contributed by atoms with E-state index in [9.17, 15) is 0 Å². The molecule has 0 bridgehead atoms.